The van der Waals surface area contributed by atoms with Crippen molar-refractivity contribution < 1.29 is 22.7 Å². The number of benzene rings is 2. The molecule has 0 aliphatic carbocycles. The fourth-order valence-electron chi connectivity index (χ4n) is 2.57. The van der Waals surface area contributed by atoms with Crippen molar-refractivity contribution in [2.24, 2.45) is 0 Å². The zero-order valence-corrected chi connectivity index (χ0v) is 16.2. The first-order valence-corrected chi connectivity index (χ1v) is 9.17. The van der Waals surface area contributed by atoms with E-state index in [2.05, 4.69) is 20.4 Å². The van der Waals surface area contributed by atoms with Crippen molar-refractivity contribution in [2.75, 3.05) is 16.4 Å². The van der Waals surface area contributed by atoms with E-state index in [1.165, 1.54) is 30.3 Å². The summed E-state index contributed by atoms with van der Waals surface area (Å²) >= 11 is 0. The van der Waals surface area contributed by atoms with Gasteiger partial charge in [-0.15, -0.1) is 13.2 Å². The van der Waals surface area contributed by atoms with Crippen molar-refractivity contribution in [3.05, 3.63) is 84.1 Å². The molecule has 0 saturated carbocycles. The first kappa shape index (κ1) is 21.7. The number of para-hydroxylation sites is 2. The number of hydrogen-bond acceptors (Lipinski definition) is 5. The Balaban J connectivity index is 1.50. The predicted molar refractivity (Wildman–Crippen MR) is 113 cm³/mol. The molecule has 0 saturated heterocycles. The summed E-state index contributed by atoms with van der Waals surface area (Å²) in [6, 6.07) is 16.0. The number of rotatable bonds is 7. The highest BCUT2D eigenvalue weighted by molar-refractivity contribution is 6.03. The van der Waals surface area contributed by atoms with E-state index in [0.29, 0.717) is 23.7 Å². The monoisotopic (exact) mass is 428 g/mol. The lowest BCUT2D eigenvalue weighted by Gasteiger charge is -2.10. The van der Waals surface area contributed by atoms with E-state index in [0.717, 1.165) is 11.1 Å². The van der Waals surface area contributed by atoms with Crippen LogP contribution in [0.3, 0.4) is 0 Å². The minimum absolute atomic E-state index is 0.274. The molecule has 0 aliphatic heterocycles. The zero-order valence-electron chi connectivity index (χ0n) is 16.2. The molecule has 160 valence electrons. The third-order valence-corrected chi connectivity index (χ3v) is 4.06. The molecule has 2 aromatic carbocycles. The van der Waals surface area contributed by atoms with E-state index in [1.54, 1.807) is 48.7 Å². The van der Waals surface area contributed by atoms with E-state index < -0.39 is 6.36 Å². The molecule has 3 rings (SSSR count). The van der Waals surface area contributed by atoms with Gasteiger partial charge in [-0.05, 0) is 53.6 Å². The Bertz CT molecular complexity index is 1050. The molecular formula is C22H19F3N4O2. The van der Waals surface area contributed by atoms with Crippen molar-refractivity contribution in [3.8, 4) is 5.75 Å². The maximum absolute atomic E-state index is 12.2. The maximum atomic E-state index is 12.2. The molecule has 1 amide bonds. The van der Waals surface area contributed by atoms with E-state index in [-0.39, 0.29) is 11.7 Å². The van der Waals surface area contributed by atoms with Gasteiger partial charge in [-0.1, -0.05) is 24.3 Å². The van der Waals surface area contributed by atoms with Crippen LogP contribution < -0.4 is 21.1 Å². The Morgan fingerprint density at radius 2 is 1.81 bits per heavy atom. The molecule has 0 unspecified atom stereocenters. The highest BCUT2D eigenvalue weighted by atomic mass is 19.4. The van der Waals surface area contributed by atoms with Crippen molar-refractivity contribution >= 4 is 29.2 Å². The minimum atomic E-state index is -4.71. The maximum Gasteiger partial charge on any atom is 0.573 e. The standard InChI is InChI=1S/C22H19F3N4O2/c23-22(24,25)31-17-9-5-15(6-10-17)13-27-20-11-7-16(14-28-20)8-12-21(30)29-19-4-2-1-3-18(19)26/h1-12,14H,13,26H2,(H,27,28)(H,29,30)/b12-8+. The molecular weight excluding hydrogens is 409 g/mol. The summed E-state index contributed by atoms with van der Waals surface area (Å²) in [5.74, 6) is -0.0168. The Morgan fingerprint density at radius 1 is 1.06 bits per heavy atom. The van der Waals surface area contributed by atoms with Crippen LogP contribution in [0.25, 0.3) is 6.08 Å². The molecule has 0 spiro atoms. The molecule has 0 bridgehead atoms. The molecule has 1 aromatic heterocycles. The normalized spacial score (nSPS) is 11.3. The summed E-state index contributed by atoms with van der Waals surface area (Å²) in [6.45, 7) is 0.370. The van der Waals surface area contributed by atoms with Crippen LogP contribution in [0.15, 0.2) is 72.9 Å². The molecule has 9 heteroatoms. The van der Waals surface area contributed by atoms with Gasteiger partial charge in [-0.25, -0.2) is 4.98 Å². The summed E-state index contributed by atoms with van der Waals surface area (Å²) in [6.07, 6.45) is -0.134. The van der Waals surface area contributed by atoms with Crippen LogP contribution in [0.4, 0.5) is 30.4 Å². The molecule has 6 nitrogen and oxygen atoms in total. The molecule has 0 atom stereocenters. The minimum Gasteiger partial charge on any atom is -0.406 e. The lowest BCUT2D eigenvalue weighted by Crippen LogP contribution is -2.17. The quantitative estimate of drug-likeness (QED) is 0.371. The Labute approximate surface area is 176 Å². The number of amides is 1. The number of aromatic nitrogens is 1. The van der Waals surface area contributed by atoms with Crippen LogP contribution in [0.1, 0.15) is 11.1 Å². The van der Waals surface area contributed by atoms with E-state index in [1.807, 2.05) is 0 Å². The number of nitrogen functional groups attached to an aromatic ring is 1. The van der Waals surface area contributed by atoms with Crippen LogP contribution in [0, 0.1) is 0 Å². The molecule has 1 heterocycles. The highest BCUT2D eigenvalue weighted by Crippen LogP contribution is 2.23. The number of anilines is 3. The number of halogens is 3. The van der Waals surface area contributed by atoms with Gasteiger partial charge < -0.3 is 21.1 Å². The van der Waals surface area contributed by atoms with Crippen molar-refractivity contribution in [1.29, 1.82) is 0 Å². The van der Waals surface area contributed by atoms with E-state index in [9.17, 15) is 18.0 Å². The average molecular weight is 428 g/mol. The number of nitrogens with one attached hydrogen (secondary N) is 2. The summed E-state index contributed by atoms with van der Waals surface area (Å²) in [5, 5.41) is 5.76. The van der Waals surface area contributed by atoms with Gasteiger partial charge in [-0.2, -0.15) is 0 Å². The number of pyridine rings is 1. The van der Waals surface area contributed by atoms with Gasteiger partial charge >= 0.3 is 6.36 Å². The number of ether oxygens (including phenoxy) is 1. The molecule has 4 N–H and O–H groups in total. The molecule has 0 radical (unpaired) electrons. The summed E-state index contributed by atoms with van der Waals surface area (Å²) in [5.41, 5.74) is 8.28. The van der Waals surface area contributed by atoms with Gasteiger partial charge in [0.25, 0.3) is 0 Å². The SMILES string of the molecule is Nc1ccccc1NC(=O)/C=C/c1ccc(NCc2ccc(OC(F)(F)F)cc2)nc1. The third kappa shape index (κ3) is 7.07. The zero-order chi connectivity index (χ0) is 22.3. The molecule has 0 aliphatic rings. The molecule has 0 fully saturated rings. The number of carbonyl (C=O) groups excluding carboxylic acids is 1. The summed E-state index contributed by atoms with van der Waals surface area (Å²) < 4.78 is 40.4. The van der Waals surface area contributed by atoms with Crippen molar-refractivity contribution in [1.82, 2.24) is 4.98 Å². The Morgan fingerprint density at radius 3 is 2.45 bits per heavy atom. The van der Waals surface area contributed by atoms with Crippen LogP contribution >= 0.6 is 0 Å². The largest absolute Gasteiger partial charge is 0.573 e. The van der Waals surface area contributed by atoms with Gasteiger partial charge in [0, 0.05) is 18.8 Å². The third-order valence-electron chi connectivity index (χ3n) is 4.06. The number of nitrogens with zero attached hydrogens (tertiary/aromatic N) is 1. The van der Waals surface area contributed by atoms with E-state index >= 15 is 0 Å². The Kier molecular flexibility index (Phi) is 6.76. The van der Waals surface area contributed by atoms with Crippen LogP contribution in [0.2, 0.25) is 0 Å². The fourth-order valence-corrected chi connectivity index (χ4v) is 2.57. The number of carbonyl (C=O) groups is 1. The first-order valence-electron chi connectivity index (χ1n) is 9.17. The van der Waals surface area contributed by atoms with Gasteiger partial charge in [0.1, 0.15) is 11.6 Å². The molecule has 31 heavy (non-hydrogen) atoms. The summed E-state index contributed by atoms with van der Waals surface area (Å²) in [4.78, 5) is 16.3. The second-order valence-electron chi connectivity index (χ2n) is 6.43. The van der Waals surface area contributed by atoms with Crippen molar-refractivity contribution in [2.45, 2.75) is 12.9 Å². The number of hydrogen-bond donors (Lipinski definition) is 3. The topological polar surface area (TPSA) is 89.3 Å². The summed E-state index contributed by atoms with van der Waals surface area (Å²) in [7, 11) is 0. The predicted octanol–water partition coefficient (Wildman–Crippen LogP) is 4.83. The second kappa shape index (κ2) is 9.66. The average Bonchev–Trinajstić information content (AvgIpc) is 2.73. The van der Waals surface area contributed by atoms with Crippen LogP contribution in [0.5, 0.6) is 5.75 Å². The first-order chi connectivity index (χ1) is 14.8. The number of alkyl halides is 3. The van der Waals surface area contributed by atoms with Gasteiger partial charge in [-0.3, -0.25) is 4.79 Å². The van der Waals surface area contributed by atoms with Crippen molar-refractivity contribution in [3.63, 3.8) is 0 Å². The molecule has 3 aromatic rings. The smallest absolute Gasteiger partial charge is 0.406 e. The van der Waals surface area contributed by atoms with Gasteiger partial charge in [0.05, 0.1) is 11.4 Å². The fraction of sp³-hybridized carbons (Fsp3) is 0.0909. The van der Waals surface area contributed by atoms with Crippen LogP contribution in [-0.4, -0.2) is 17.3 Å². The highest BCUT2D eigenvalue weighted by Gasteiger charge is 2.30. The van der Waals surface area contributed by atoms with Crippen LogP contribution in [-0.2, 0) is 11.3 Å². The Hall–Kier alpha value is -4.01. The lowest BCUT2D eigenvalue weighted by molar-refractivity contribution is -0.274. The lowest BCUT2D eigenvalue weighted by atomic mass is 10.2. The number of nitrogens with two attached hydrogens (primary N) is 1. The van der Waals surface area contributed by atoms with Gasteiger partial charge in [0.2, 0.25) is 5.91 Å². The van der Waals surface area contributed by atoms with Gasteiger partial charge in [0.15, 0.2) is 0 Å². The second-order valence-corrected chi connectivity index (χ2v) is 6.43. The van der Waals surface area contributed by atoms with E-state index in [4.69, 9.17) is 5.73 Å².